The van der Waals surface area contributed by atoms with Crippen LogP contribution in [0.5, 0.6) is 11.5 Å². The number of esters is 2. The average molecular weight is 379 g/mol. The first kappa shape index (κ1) is 22.5. The highest BCUT2D eigenvalue weighted by atomic mass is 16.5. The van der Waals surface area contributed by atoms with E-state index in [0.29, 0.717) is 29.6 Å². The average Bonchev–Trinajstić information content (AvgIpc) is 2.64. The summed E-state index contributed by atoms with van der Waals surface area (Å²) in [5.74, 6) is 0.980. The van der Waals surface area contributed by atoms with E-state index in [-0.39, 0.29) is 19.1 Å². The predicted octanol–water partition coefficient (Wildman–Crippen LogP) is 2.70. The highest BCUT2D eigenvalue weighted by Gasteiger charge is 2.21. The lowest BCUT2D eigenvalue weighted by molar-refractivity contribution is -0.143. The minimum absolute atomic E-state index is 0.164. The minimum Gasteiger partial charge on any atom is -0.497 e. The van der Waals surface area contributed by atoms with Crippen molar-refractivity contribution in [2.24, 2.45) is 5.92 Å². The fraction of sp³-hybridized carbons (Fsp3) is 0.500. The van der Waals surface area contributed by atoms with Crippen LogP contribution in [0.3, 0.4) is 0 Å². The van der Waals surface area contributed by atoms with Crippen LogP contribution in [0.4, 0.5) is 0 Å². The number of hydrogen-bond donors (Lipinski definition) is 1. The molecule has 7 nitrogen and oxygen atoms in total. The molecule has 0 saturated carbocycles. The van der Waals surface area contributed by atoms with E-state index in [0.717, 1.165) is 0 Å². The molecule has 27 heavy (non-hydrogen) atoms. The normalized spacial score (nSPS) is 12.4. The molecule has 0 fully saturated rings. The van der Waals surface area contributed by atoms with Crippen molar-refractivity contribution in [3.05, 3.63) is 36.1 Å². The highest BCUT2D eigenvalue weighted by Crippen LogP contribution is 2.19. The van der Waals surface area contributed by atoms with Gasteiger partial charge in [-0.25, -0.2) is 4.79 Å². The van der Waals surface area contributed by atoms with Gasteiger partial charge in [0.15, 0.2) is 0 Å². The van der Waals surface area contributed by atoms with E-state index in [4.69, 9.17) is 18.9 Å². The lowest BCUT2D eigenvalue weighted by atomic mass is 10.0. The van der Waals surface area contributed by atoms with Gasteiger partial charge in [-0.2, -0.15) is 0 Å². The lowest BCUT2D eigenvalue weighted by Gasteiger charge is -2.19. The molecule has 0 amide bonds. The first-order valence-electron chi connectivity index (χ1n) is 8.90. The summed E-state index contributed by atoms with van der Waals surface area (Å²) in [6.45, 7) is 6.18. The fourth-order valence-electron chi connectivity index (χ4n) is 2.33. The van der Waals surface area contributed by atoms with E-state index in [2.05, 4.69) is 5.32 Å². The largest absolute Gasteiger partial charge is 0.497 e. The van der Waals surface area contributed by atoms with Crippen molar-refractivity contribution >= 4 is 11.9 Å². The van der Waals surface area contributed by atoms with Crippen molar-refractivity contribution in [2.75, 3.05) is 27.4 Å². The second-order valence-corrected chi connectivity index (χ2v) is 6.23. The molecule has 0 aliphatic heterocycles. The summed E-state index contributed by atoms with van der Waals surface area (Å²) in [5, 5.41) is 3.09. The maximum Gasteiger partial charge on any atom is 0.334 e. The van der Waals surface area contributed by atoms with Gasteiger partial charge in [0.05, 0.1) is 33.4 Å². The van der Waals surface area contributed by atoms with E-state index in [1.54, 1.807) is 38.3 Å². The molecule has 0 aliphatic carbocycles. The molecule has 0 bridgehead atoms. The molecule has 1 aromatic rings. The van der Waals surface area contributed by atoms with Gasteiger partial charge in [-0.1, -0.05) is 13.8 Å². The van der Waals surface area contributed by atoms with Crippen LogP contribution in [0.2, 0.25) is 0 Å². The Labute approximate surface area is 160 Å². The topological polar surface area (TPSA) is 83.1 Å². The Balaban J connectivity index is 2.89. The fourth-order valence-corrected chi connectivity index (χ4v) is 2.33. The smallest absolute Gasteiger partial charge is 0.334 e. The summed E-state index contributed by atoms with van der Waals surface area (Å²) in [6.07, 6.45) is 1.87. The first-order chi connectivity index (χ1) is 12.9. The van der Waals surface area contributed by atoms with Gasteiger partial charge in [0.2, 0.25) is 0 Å². The van der Waals surface area contributed by atoms with Crippen LogP contribution in [0, 0.1) is 5.92 Å². The number of ether oxygens (including phenoxy) is 4. The molecule has 150 valence electrons. The van der Waals surface area contributed by atoms with E-state index in [9.17, 15) is 9.59 Å². The Morgan fingerprint density at radius 2 is 1.74 bits per heavy atom. The van der Waals surface area contributed by atoms with Crippen LogP contribution in [-0.4, -0.2) is 45.4 Å². The maximum atomic E-state index is 12.0. The molecular weight excluding hydrogens is 350 g/mol. The zero-order valence-electron chi connectivity index (χ0n) is 16.6. The molecule has 7 heteroatoms. The molecular formula is C20H29NO6. The number of hydrogen-bond acceptors (Lipinski definition) is 7. The summed E-state index contributed by atoms with van der Waals surface area (Å²) in [6, 6.07) is 6.45. The van der Waals surface area contributed by atoms with Crippen LogP contribution in [0.1, 0.15) is 27.2 Å². The van der Waals surface area contributed by atoms with Crippen molar-refractivity contribution < 1.29 is 28.5 Å². The van der Waals surface area contributed by atoms with Gasteiger partial charge < -0.3 is 18.9 Å². The Morgan fingerprint density at radius 1 is 1.11 bits per heavy atom. The molecule has 1 aromatic carbocycles. The molecule has 1 atom stereocenters. The molecule has 0 heterocycles. The van der Waals surface area contributed by atoms with Crippen LogP contribution < -0.4 is 14.8 Å². The molecule has 1 rings (SSSR count). The van der Waals surface area contributed by atoms with Crippen molar-refractivity contribution in [2.45, 2.75) is 33.2 Å². The van der Waals surface area contributed by atoms with Crippen LogP contribution >= 0.6 is 0 Å². The van der Waals surface area contributed by atoms with E-state index in [1.165, 1.54) is 13.2 Å². The number of methoxy groups -OCH3 is 2. The van der Waals surface area contributed by atoms with Gasteiger partial charge in [0, 0.05) is 0 Å². The molecule has 1 N–H and O–H groups in total. The Hall–Kier alpha value is -2.54. The Bertz CT molecular complexity index is 624. The lowest BCUT2D eigenvalue weighted by Crippen LogP contribution is -2.40. The van der Waals surface area contributed by atoms with Gasteiger partial charge in [0.1, 0.15) is 23.3 Å². The van der Waals surface area contributed by atoms with Crippen molar-refractivity contribution in [3.8, 4) is 11.5 Å². The number of carbonyl (C=O) groups excluding carboxylic acids is 2. The molecule has 0 unspecified atom stereocenters. The van der Waals surface area contributed by atoms with Crippen LogP contribution in [0.25, 0.3) is 0 Å². The molecule has 0 saturated heterocycles. The van der Waals surface area contributed by atoms with E-state index < -0.39 is 12.0 Å². The second kappa shape index (κ2) is 12.0. The van der Waals surface area contributed by atoms with Gasteiger partial charge in [-0.3, -0.25) is 10.1 Å². The zero-order valence-corrected chi connectivity index (χ0v) is 16.6. The van der Waals surface area contributed by atoms with E-state index in [1.807, 2.05) is 13.8 Å². The summed E-state index contributed by atoms with van der Waals surface area (Å²) in [4.78, 5) is 23.8. The Morgan fingerprint density at radius 3 is 2.26 bits per heavy atom. The summed E-state index contributed by atoms with van der Waals surface area (Å²) in [5.41, 5.74) is 0. The third-order valence-corrected chi connectivity index (χ3v) is 3.59. The van der Waals surface area contributed by atoms with Gasteiger partial charge in [-0.15, -0.1) is 0 Å². The number of rotatable bonds is 11. The van der Waals surface area contributed by atoms with Gasteiger partial charge in [-0.05, 0) is 43.5 Å². The van der Waals surface area contributed by atoms with Gasteiger partial charge in [0.25, 0.3) is 0 Å². The summed E-state index contributed by atoms with van der Waals surface area (Å²) >= 11 is 0. The predicted molar refractivity (Wildman–Crippen MR) is 102 cm³/mol. The van der Waals surface area contributed by atoms with E-state index >= 15 is 0 Å². The summed E-state index contributed by atoms with van der Waals surface area (Å²) < 4.78 is 20.7. The standard InChI is InChI=1S/C20H29NO6/c1-6-26-19(22)12-17(27-16-9-7-15(24-4)8-10-16)13-21-18(11-14(2)3)20(23)25-5/h7-10,12,14,18,21H,6,11,13H2,1-5H3/t18-/m0/s1. The monoisotopic (exact) mass is 379 g/mol. The minimum atomic E-state index is -0.513. The number of benzene rings is 1. The maximum absolute atomic E-state index is 12.0. The molecule has 0 aromatic heterocycles. The second-order valence-electron chi connectivity index (χ2n) is 6.23. The quantitative estimate of drug-likeness (QED) is 0.359. The Kier molecular flexibility index (Phi) is 9.96. The number of carbonyl (C=O) groups is 2. The highest BCUT2D eigenvalue weighted by molar-refractivity contribution is 5.82. The molecule has 0 radical (unpaired) electrons. The van der Waals surface area contributed by atoms with Crippen molar-refractivity contribution in [1.82, 2.24) is 5.32 Å². The van der Waals surface area contributed by atoms with Crippen molar-refractivity contribution in [3.63, 3.8) is 0 Å². The third kappa shape index (κ3) is 8.59. The molecule has 0 spiro atoms. The SMILES string of the molecule is CCOC(=O)C=C(CN[C@@H](CC(C)C)C(=O)OC)Oc1ccc(OC)cc1. The van der Waals surface area contributed by atoms with Crippen LogP contribution in [-0.2, 0) is 19.1 Å². The summed E-state index contributed by atoms with van der Waals surface area (Å²) in [7, 11) is 2.92. The van der Waals surface area contributed by atoms with Crippen molar-refractivity contribution in [1.29, 1.82) is 0 Å². The van der Waals surface area contributed by atoms with Gasteiger partial charge >= 0.3 is 11.9 Å². The van der Waals surface area contributed by atoms with Crippen LogP contribution in [0.15, 0.2) is 36.1 Å². The third-order valence-electron chi connectivity index (χ3n) is 3.59. The number of nitrogens with one attached hydrogen (secondary N) is 1. The molecule has 0 aliphatic rings. The zero-order chi connectivity index (χ0) is 20.2. The first-order valence-corrected chi connectivity index (χ1v) is 8.90.